The van der Waals surface area contributed by atoms with Crippen molar-refractivity contribution < 1.29 is 19.0 Å². The molecule has 0 saturated carbocycles. The van der Waals surface area contributed by atoms with Crippen LogP contribution in [-0.2, 0) is 4.79 Å². The van der Waals surface area contributed by atoms with Crippen LogP contribution < -0.4 is 19.1 Å². The summed E-state index contributed by atoms with van der Waals surface area (Å²) in [4.78, 5) is 15.1. The molecular weight excluding hydrogens is 454 g/mol. The molecule has 0 N–H and O–H groups in total. The summed E-state index contributed by atoms with van der Waals surface area (Å²) in [5.41, 5.74) is 2.82. The summed E-state index contributed by atoms with van der Waals surface area (Å²) in [6, 6.07) is 22.8. The zero-order valence-corrected chi connectivity index (χ0v) is 19.9. The van der Waals surface area contributed by atoms with Crippen molar-refractivity contribution >= 4 is 46.0 Å². The molecule has 33 heavy (non-hydrogen) atoms. The van der Waals surface area contributed by atoms with Crippen LogP contribution in [-0.4, -0.2) is 30.6 Å². The van der Waals surface area contributed by atoms with E-state index in [-0.39, 0.29) is 5.91 Å². The number of rotatable bonds is 8. The fourth-order valence-corrected chi connectivity index (χ4v) is 4.49. The van der Waals surface area contributed by atoms with E-state index in [1.54, 1.807) is 12.0 Å². The van der Waals surface area contributed by atoms with Crippen LogP contribution in [0.15, 0.2) is 77.7 Å². The van der Waals surface area contributed by atoms with Gasteiger partial charge in [0.05, 0.1) is 17.7 Å². The Morgan fingerprint density at radius 3 is 1.97 bits per heavy atom. The number of aryl methyl sites for hydroxylation is 1. The van der Waals surface area contributed by atoms with Crippen LogP contribution in [0, 0.1) is 6.92 Å². The number of methoxy groups -OCH3 is 1. The molecule has 5 nitrogen and oxygen atoms in total. The average molecular weight is 478 g/mol. The van der Waals surface area contributed by atoms with E-state index in [4.69, 9.17) is 26.4 Å². The summed E-state index contributed by atoms with van der Waals surface area (Å²) in [6.45, 7) is 2.85. The maximum atomic E-state index is 12.9. The van der Waals surface area contributed by atoms with Gasteiger partial charge in [-0.2, -0.15) is 0 Å². The molecule has 7 heteroatoms. The maximum absolute atomic E-state index is 12.9. The van der Waals surface area contributed by atoms with E-state index in [9.17, 15) is 4.79 Å². The smallest absolute Gasteiger partial charge is 0.270 e. The molecule has 0 radical (unpaired) electrons. The van der Waals surface area contributed by atoms with Crippen molar-refractivity contribution in [3.8, 4) is 17.2 Å². The Bertz CT molecular complexity index is 1160. The van der Waals surface area contributed by atoms with E-state index in [1.165, 1.54) is 11.8 Å². The average Bonchev–Trinajstić information content (AvgIpc) is 3.11. The van der Waals surface area contributed by atoms with E-state index in [0.717, 1.165) is 34.1 Å². The van der Waals surface area contributed by atoms with Gasteiger partial charge in [-0.05, 0) is 67.1 Å². The van der Waals surface area contributed by atoms with Crippen molar-refractivity contribution in [2.75, 3.05) is 25.2 Å². The first-order chi connectivity index (χ1) is 16.0. The Morgan fingerprint density at radius 2 is 1.39 bits per heavy atom. The van der Waals surface area contributed by atoms with Gasteiger partial charge in [0, 0.05) is 0 Å². The lowest BCUT2D eigenvalue weighted by atomic mass is 10.2. The van der Waals surface area contributed by atoms with Crippen molar-refractivity contribution in [2.24, 2.45) is 0 Å². The van der Waals surface area contributed by atoms with Crippen LogP contribution in [0.1, 0.15) is 11.1 Å². The highest BCUT2D eigenvalue weighted by Crippen LogP contribution is 2.36. The molecule has 168 valence electrons. The first-order valence-corrected chi connectivity index (χ1v) is 11.6. The SMILES string of the molecule is COc1ccc(OCCOc2ccc(C=C3SC(=S)N(c4ccc(C)cc4)C3=O)cc2)cc1. The molecule has 1 heterocycles. The van der Waals surface area contributed by atoms with E-state index in [1.807, 2.05) is 85.8 Å². The first-order valence-electron chi connectivity index (χ1n) is 10.4. The monoisotopic (exact) mass is 477 g/mol. The van der Waals surface area contributed by atoms with Crippen LogP contribution in [0.25, 0.3) is 6.08 Å². The third-order valence-corrected chi connectivity index (χ3v) is 6.25. The van der Waals surface area contributed by atoms with Gasteiger partial charge in [-0.15, -0.1) is 0 Å². The van der Waals surface area contributed by atoms with Crippen molar-refractivity contribution in [1.82, 2.24) is 0 Å². The number of benzene rings is 3. The van der Waals surface area contributed by atoms with Crippen molar-refractivity contribution in [2.45, 2.75) is 6.92 Å². The van der Waals surface area contributed by atoms with Gasteiger partial charge in [-0.1, -0.05) is 53.8 Å². The molecule has 1 amide bonds. The van der Waals surface area contributed by atoms with Crippen LogP contribution in [0.5, 0.6) is 17.2 Å². The third kappa shape index (κ3) is 5.74. The predicted molar refractivity (Wildman–Crippen MR) is 137 cm³/mol. The topological polar surface area (TPSA) is 48.0 Å². The van der Waals surface area contributed by atoms with Crippen LogP contribution in [0.2, 0.25) is 0 Å². The Balaban J connectivity index is 1.31. The zero-order chi connectivity index (χ0) is 23.2. The van der Waals surface area contributed by atoms with Gasteiger partial charge in [-0.25, -0.2) is 0 Å². The fraction of sp³-hybridized carbons (Fsp3) is 0.154. The standard InChI is InChI=1S/C26H23NO4S2/c1-18-3-7-20(8-4-18)27-25(28)24(33-26(27)32)17-19-5-9-22(10-6-19)30-15-16-31-23-13-11-21(29-2)12-14-23/h3-14,17H,15-16H2,1-2H3. The van der Waals surface area contributed by atoms with E-state index in [0.29, 0.717) is 22.4 Å². The van der Waals surface area contributed by atoms with Crippen LogP contribution in [0.4, 0.5) is 5.69 Å². The Morgan fingerprint density at radius 1 is 0.848 bits per heavy atom. The zero-order valence-electron chi connectivity index (χ0n) is 18.3. The van der Waals surface area contributed by atoms with Gasteiger partial charge in [-0.3, -0.25) is 9.69 Å². The molecule has 0 atom stereocenters. The minimum Gasteiger partial charge on any atom is -0.497 e. The lowest BCUT2D eigenvalue weighted by Gasteiger charge is -2.14. The summed E-state index contributed by atoms with van der Waals surface area (Å²) in [5, 5.41) is 0. The summed E-state index contributed by atoms with van der Waals surface area (Å²) in [5.74, 6) is 2.18. The first kappa shape index (κ1) is 22.9. The molecule has 1 saturated heterocycles. The molecule has 1 fully saturated rings. The molecular formula is C26H23NO4S2. The molecule has 3 aromatic rings. The summed E-state index contributed by atoms with van der Waals surface area (Å²) in [7, 11) is 1.63. The Kier molecular flexibility index (Phi) is 7.32. The minimum absolute atomic E-state index is 0.107. The van der Waals surface area contributed by atoms with Gasteiger partial charge >= 0.3 is 0 Å². The number of amides is 1. The second kappa shape index (κ2) is 10.6. The normalized spacial score (nSPS) is 14.6. The fourth-order valence-electron chi connectivity index (χ4n) is 3.19. The molecule has 0 aromatic heterocycles. The number of carbonyl (C=O) groups is 1. The highest BCUT2D eigenvalue weighted by molar-refractivity contribution is 8.27. The molecule has 0 spiro atoms. The number of ether oxygens (including phenoxy) is 3. The number of carbonyl (C=O) groups excluding carboxylic acids is 1. The lowest BCUT2D eigenvalue weighted by molar-refractivity contribution is -0.113. The third-order valence-electron chi connectivity index (χ3n) is 4.94. The van der Waals surface area contributed by atoms with Crippen molar-refractivity contribution in [1.29, 1.82) is 0 Å². The second-order valence-corrected chi connectivity index (χ2v) is 8.97. The van der Waals surface area contributed by atoms with Crippen molar-refractivity contribution in [3.63, 3.8) is 0 Å². The van der Waals surface area contributed by atoms with Gasteiger partial charge in [0.25, 0.3) is 5.91 Å². The largest absolute Gasteiger partial charge is 0.497 e. The van der Waals surface area contributed by atoms with E-state index in [2.05, 4.69) is 0 Å². The maximum Gasteiger partial charge on any atom is 0.270 e. The molecule has 0 unspecified atom stereocenters. The number of thiocarbonyl (C=S) groups is 1. The highest BCUT2D eigenvalue weighted by Gasteiger charge is 2.33. The van der Waals surface area contributed by atoms with E-state index >= 15 is 0 Å². The van der Waals surface area contributed by atoms with Crippen LogP contribution >= 0.6 is 24.0 Å². The molecule has 1 aliphatic heterocycles. The van der Waals surface area contributed by atoms with Gasteiger partial charge < -0.3 is 14.2 Å². The molecule has 0 bridgehead atoms. The molecule has 3 aromatic carbocycles. The Labute approximate surface area is 203 Å². The van der Waals surface area contributed by atoms with Gasteiger partial charge in [0.15, 0.2) is 4.32 Å². The molecule has 0 aliphatic carbocycles. The number of anilines is 1. The van der Waals surface area contributed by atoms with Crippen molar-refractivity contribution in [3.05, 3.63) is 88.8 Å². The minimum atomic E-state index is -0.107. The van der Waals surface area contributed by atoms with E-state index < -0.39 is 0 Å². The Hall–Kier alpha value is -3.29. The highest BCUT2D eigenvalue weighted by atomic mass is 32.2. The summed E-state index contributed by atoms with van der Waals surface area (Å²) < 4.78 is 17.1. The van der Waals surface area contributed by atoms with Gasteiger partial charge in [0.2, 0.25) is 0 Å². The number of thioether (sulfide) groups is 1. The predicted octanol–water partition coefficient (Wildman–Crippen LogP) is 5.87. The lowest BCUT2D eigenvalue weighted by Crippen LogP contribution is -2.27. The molecule has 1 aliphatic rings. The molecule has 4 rings (SSSR count). The number of hydrogen-bond acceptors (Lipinski definition) is 6. The summed E-state index contributed by atoms with van der Waals surface area (Å²) >= 11 is 6.75. The summed E-state index contributed by atoms with van der Waals surface area (Å²) in [6.07, 6.45) is 1.85. The number of hydrogen-bond donors (Lipinski definition) is 0. The van der Waals surface area contributed by atoms with Gasteiger partial charge in [0.1, 0.15) is 30.5 Å². The number of nitrogens with zero attached hydrogens (tertiary/aromatic N) is 1. The second-order valence-electron chi connectivity index (χ2n) is 7.29. The quantitative estimate of drug-likeness (QED) is 0.230. The van der Waals surface area contributed by atoms with Crippen LogP contribution in [0.3, 0.4) is 0 Å².